The van der Waals surface area contributed by atoms with Crippen molar-refractivity contribution in [1.82, 2.24) is 4.98 Å². The van der Waals surface area contributed by atoms with Gasteiger partial charge in [-0.05, 0) is 53.9 Å². The smallest absolute Gasteiger partial charge is 0.336 e. The van der Waals surface area contributed by atoms with Crippen LogP contribution in [0.5, 0.6) is 0 Å². The summed E-state index contributed by atoms with van der Waals surface area (Å²) in [5.41, 5.74) is 4.43. The zero-order valence-corrected chi connectivity index (χ0v) is 15.7. The molecule has 0 aliphatic carbocycles. The topological polar surface area (TPSA) is 50.2 Å². The Morgan fingerprint density at radius 3 is 2.11 bits per heavy atom. The van der Waals surface area contributed by atoms with Crippen LogP contribution >= 0.6 is 11.6 Å². The maximum atomic E-state index is 13.6. The molecule has 0 saturated heterocycles. The molecule has 0 fully saturated rings. The minimum Gasteiger partial charge on any atom is -0.478 e. The number of hydrogen-bond donors (Lipinski definition) is 1. The quantitative estimate of drug-likeness (QED) is 0.441. The summed E-state index contributed by atoms with van der Waals surface area (Å²) >= 11 is 5.94. The van der Waals surface area contributed by atoms with Gasteiger partial charge in [-0.15, -0.1) is 0 Å². The Kier molecular flexibility index (Phi) is 4.57. The predicted molar refractivity (Wildman–Crippen MR) is 109 cm³/mol. The van der Waals surface area contributed by atoms with E-state index in [0.29, 0.717) is 27.2 Å². The van der Waals surface area contributed by atoms with E-state index in [2.05, 4.69) is 4.98 Å². The summed E-state index contributed by atoms with van der Waals surface area (Å²) in [6.45, 7) is 1.70. The van der Waals surface area contributed by atoms with Gasteiger partial charge >= 0.3 is 5.97 Å². The van der Waals surface area contributed by atoms with Crippen LogP contribution in [0.1, 0.15) is 15.9 Å². The zero-order chi connectivity index (χ0) is 19.8. The monoisotopic (exact) mass is 391 g/mol. The number of halogens is 2. The first-order valence-corrected chi connectivity index (χ1v) is 9.01. The second kappa shape index (κ2) is 7.06. The van der Waals surface area contributed by atoms with Gasteiger partial charge in [0.1, 0.15) is 5.82 Å². The first-order chi connectivity index (χ1) is 13.4. The van der Waals surface area contributed by atoms with Gasteiger partial charge < -0.3 is 5.11 Å². The van der Waals surface area contributed by atoms with Crippen molar-refractivity contribution in [3.8, 4) is 22.4 Å². The summed E-state index contributed by atoms with van der Waals surface area (Å²) in [6, 6.07) is 19.3. The fourth-order valence-corrected chi connectivity index (χ4v) is 3.48. The van der Waals surface area contributed by atoms with Gasteiger partial charge in [0.2, 0.25) is 0 Å². The summed E-state index contributed by atoms with van der Waals surface area (Å²) < 4.78 is 13.6. The number of rotatable bonds is 3. The number of aromatic carboxylic acids is 1. The van der Waals surface area contributed by atoms with E-state index < -0.39 is 11.8 Å². The van der Waals surface area contributed by atoms with E-state index in [-0.39, 0.29) is 5.56 Å². The number of carboxylic acids is 1. The van der Waals surface area contributed by atoms with Gasteiger partial charge in [0, 0.05) is 16.0 Å². The molecule has 3 nitrogen and oxygen atoms in total. The first-order valence-electron chi connectivity index (χ1n) is 8.63. The molecule has 0 radical (unpaired) electrons. The van der Waals surface area contributed by atoms with Gasteiger partial charge in [0.15, 0.2) is 0 Å². The molecule has 0 aliphatic rings. The molecule has 5 heteroatoms. The fraction of sp³-hybridized carbons (Fsp3) is 0.0435. The molecule has 0 unspecified atom stereocenters. The van der Waals surface area contributed by atoms with E-state index in [1.807, 2.05) is 48.5 Å². The second-order valence-electron chi connectivity index (χ2n) is 6.51. The largest absolute Gasteiger partial charge is 0.478 e. The van der Waals surface area contributed by atoms with Crippen molar-refractivity contribution in [2.45, 2.75) is 6.92 Å². The molecule has 138 valence electrons. The van der Waals surface area contributed by atoms with Crippen molar-refractivity contribution in [2.24, 2.45) is 0 Å². The van der Waals surface area contributed by atoms with Gasteiger partial charge in [-0.1, -0.05) is 48.0 Å². The molecule has 0 bridgehead atoms. The minimum atomic E-state index is -1.10. The van der Waals surface area contributed by atoms with Crippen LogP contribution in [0, 0.1) is 12.7 Å². The Balaban J connectivity index is 1.85. The highest BCUT2D eigenvalue weighted by Crippen LogP contribution is 2.31. The maximum Gasteiger partial charge on any atom is 0.336 e. The molecule has 0 atom stereocenters. The molecule has 1 N–H and O–H groups in total. The number of carbonyl (C=O) groups is 1. The summed E-state index contributed by atoms with van der Waals surface area (Å²) in [7, 11) is 0. The third kappa shape index (κ3) is 3.23. The SMILES string of the molecule is Cc1c(-c2ccc(-c3ccc(Cl)cc3)cc2)nc2ccc(F)cc2c1C(=O)O. The van der Waals surface area contributed by atoms with Crippen LogP contribution in [-0.4, -0.2) is 16.1 Å². The Morgan fingerprint density at radius 2 is 1.50 bits per heavy atom. The van der Waals surface area contributed by atoms with Gasteiger partial charge in [0.25, 0.3) is 0 Å². The number of nitrogens with zero attached hydrogens (tertiary/aromatic N) is 1. The second-order valence-corrected chi connectivity index (χ2v) is 6.95. The lowest BCUT2D eigenvalue weighted by Gasteiger charge is -2.13. The molecule has 0 amide bonds. The normalized spacial score (nSPS) is 11.0. The number of benzene rings is 3. The van der Waals surface area contributed by atoms with Crippen molar-refractivity contribution in [3.63, 3.8) is 0 Å². The van der Waals surface area contributed by atoms with Crippen LogP contribution in [0.4, 0.5) is 4.39 Å². The lowest BCUT2D eigenvalue weighted by atomic mass is 9.96. The average Bonchev–Trinajstić information content (AvgIpc) is 2.68. The van der Waals surface area contributed by atoms with E-state index in [0.717, 1.165) is 16.7 Å². The lowest BCUT2D eigenvalue weighted by Crippen LogP contribution is -2.05. The summed E-state index contributed by atoms with van der Waals surface area (Å²) in [6.07, 6.45) is 0. The highest BCUT2D eigenvalue weighted by molar-refractivity contribution is 6.30. The Bertz CT molecular complexity index is 1200. The van der Waals surface area contributed by atoms with Crippen LogP contribution in [-0.2, 0) is 0 Å². The van der Waals surface area contributed by atoms with Crippen molar-refractivity contribution in [1.29, 1.82) is 0 Å². The highest BCUT2D eigenvalue weighted by Gasteiger charge is 2.18. The maximum absolute atomic E-state index is 13.6. The number of fused-ring (bicyclic) bond motifs is 1. The van der Waals surface area contributed by atoms with E-state index in [1.54, 1.807) is 6.92 Å². The molecular weight excluding hydrogens is 377 g/mol. The van der Waals surface area contributed by atoms with E-state index in [4.69, 9.17) is 11.6 Å². The molecule has 0 saturated carbocycles. The molecular formula is C23H15ClFNO2. The van der Waals surface area contributed by atoms with E-state index in [9.17, 15) is 14.3 Å². The molecule has 0 spiro atoms. The van der Waals surface area contributed by atoms with Crippen molar-refractivity contribution in [3.05, 3.63) is 88.7 Å². The summed E-state index contributed by atoms with van der Waals surface area (Å²) in [5, 5.41) is 10.7. The third-order valence-corrected chi connectivity index (χ3v) is 4.99. The molecule has 1 heterocycles. The molecule has 4 rings (SSSR count). The average molecular weight is 392 g/mol. The third-order valence-electron chi connectivity index (χ3n) is 4.74. The van der Waals surface area contributed by atoms with E-state index >= 15 is 0 Å². The molecule has 4 aromatic rings. The summed E-state index contributed by atoms with van der Waals surface area (Å²) in [4.78, 5) is 16.4. The molecule has 1 aromatic heterocycles. The number of hydrogen-bond acceptors (Lipinski definition) is 2. The fourth-order valence-electron chi connectivity index (χ4n) is 3.35. The van der Waals surface area contributed by atoms with Gasteiger partial charge in [-0.2, -0.15) is 0 Å². The standard InChI is InChI=1S/C23H15ClFNO2/c1-13-21(23(27)28)19-12-18(25)10-11-20(19)26-22(13)16-4-2-14(3-5-16)15-6-8-17(24)9-7-15/h2-12H,1H3,(H,27,28). The molecule has 28 heavy (non-hydrogen) atoms. The van der Waals surface area contributed by atoms with Crippen LogP contribution in [0.3, 0.4) is 0 Å². The Morgan fingerprint density at radius 1 is 0.929 bits per heavy atom. The van der Waals surface area contributed by atoms with Crippen LogP contribution < -0.4 is 0 Å². The number of pyridine rings is 1. The summed E-state index contributed by atoms with van der Waals surface area (Å²) in [5.74, 6) is -1.59. The van der Waals surface area contributed by atoms with Crippen molar-refractivity contribution in [2.75, 3.05) is 0 Å². The van der Waals surface area contributed by atoms with Crippen LogP contribution in [0.2, 0.25) is 5.02 Å². The van der Waals surface area contributed by atoms with Crippen molar-refractivity contribution >= 4 is 28.5 Å². The number of carboxylic acid groups (broad SMARTS) is 1. The predicted octanol–water partition coefficient (Wildman–Crippen LogP) is 6.37. The number of aromatic nitrogens is 1. The van der Waals surface area contributed by atoms with Crippen molar-refractivity contribution < 1.29 is 14.3 Å². The lowest BCUT2D eigenvalue weighted by molar-refractivity contribution is 0.0698. The van der Waals surface area contributed by atoms with Gasteiger partial charge in [0.05, 0.1) is 16.8 Å². The zero-order valence-electron chi connectivity index (χ0n) is 14.9. The molecule has 3 aromatic carbocycles. The van der Waals surface area contributed by atoms with Crippen LogP contribution in [0.25, 0.3) is 33.3 Å². The van der Waals surface area contributed by atoms with Crippen LogP contribution in [0.15, 0.2) is 66.7 Å². The highest BCUT2D eigenvalue weighted by atomic mass is 35.5. The Hall–Kier alpha value is -3.24. The van der Waals surface area contributed by atoms with Gasteiger partial charge in [-0.25, -0.2) is 14.2 Å². The Labute approximate surface area is 166 Å². The van der Waals surface area contributed by atoms with Gasteiger partial charge in [-0.3, -0.25) is 0 Å². The molecule has 0 aliphatic heterocycles. The van der Waals surface area contributed by atoms with E-state index in [1.165, 1.54) is 18.2 Å². The first kappa shape index (κ1) is 18.1. The minimum absolute atomic E-state index is 0.0706.